The fourth-order valence-electron chi connectivity index (χ4n) is 2.72. The number of aromatic amines is 1. The van der Waals surface area contributed by atoms with Crippen molar-refractivity contribution in [1.82, 2.24) is 10.3 Å². The SMILES string of the molecule is Fc1ccc2c(CC3CCNCC3)c[nH]c2c1. The van der Waals surface area contributed by atoms with Crippen LogP contribution in [0.15, 0.2) is 24.4 Å². The van der Waals surface area contributed by atoms with Crippen molar-refractivity contribution in [3.05, 3.63) is 35.8 Å². The molecule has 2 N–H and O–H groups in total. The summed E-state index contributed by atoms with van der Waals surface area (Å²) in [6.07, 6.45) is 5.63. The van der Waals surface area contributed by atoms with Gasteiger partial charge in [0.05, 0.1) is 0 Å². The molecule has 0 aliphatic carbocycles. The number of hydrogen-bond acceptors (Lipinski definition) is 1. The van der Waals surface area contributed by atoms with Crippen LogP contribution in [0.5, 0.6) is 0 Å². The molecule has 1 saturated heterocycles. The predicted molar refractivity (Wildman–Crippen MR) is 67.6 cm³/mol. The summed E-state index contributed by atoms with van der Waals surface area (Å²) in [5.74, 6) is 0.591. The maximum absolute atomic E-state index is 13.1. The van der Waals surface area contributed by atoms with Gasteiger partial charge in [0.1, 0.15) is 5.82 Å². The van der Waals surface area contributed by atoms with E-state index in [4.69, 9.17) is 0 Å². The average Bonchev–Trinajstić information content (AvgIpc) is 2.73. The molecule has 0 saturated carbocycles. The van der Waals surface area contributed by atoms with E-state index in [0.717, 1.165) is 30.9 Å². The molecular formula is C14H17FN2. The Morgan fingerprint density at radius 3 is 2.88 bits per heavy atom. The second kappa shape index (κ2) is 4.49. The largest absolute Gasteiger partial charge is 0.361 e. The monoisotopic (exact) mass is 232 g/mol. The lowest BCUT2D eigenvalue weighted by Gasteiger charge is -2.22. The van der Waals surface area contributed by atoms with Gasteiger partial charge in [0.25, 0.3) is 0 Å². The third kappa shape index (κ3) is 2.20. The number of piperidine rings is 1. The Labute approximate surface area is 100 Å². The van der Waals surface area contributed by atoms with Crippen molar-refractivity contribution in [2.24, 2.45) is 5.92 Å². The lowest BCUT2D eigenvalue weighted by molar-refractivity contribution is 0.373. The van der Waals surface area contributed by atoms with Gasteiger partial charge in [-0.05, 0) is 62.0 Å². The fraction of sp³-hybridized carbons (Fsp3) is 0.429. The van der Waals surface area contributed by atoms with Crippen molar-refractivity contribution in [2.75, 3.05) is 13.1 Å². The number of halogens is 1. The molecule has 1 aromatic heterocycles. The second-order valence-electron chi connectivity index (χ2n) is 4.90. The summed E-state index contributed by atoms with van der Waals surface area (Å²) in [7, 11) is 0. The maximum Gasteiger partial charge on any atom is 0.125 e. The van der Waals surface area contributed by atoms with Crippen LogP contribution in [0.3, 0.4) is 0 Å². The molecule has 2 nitrogen and oxygen atoms in total. The number of aromatic nitrogens is 1. The van der Waals surface area contributed by atoms with Crippen molar-refractivity contribution >= 4 is 10.9 Å². The Kier molecular flexibility index (Phi) is 2.85. The first-order valence-electron chi connectivity index (χ1n) is 6.29. The topological polar surface area (TPSA) is 27.8 Å². The molecule has 90 valence electrons. The highest BCUT2D eigenvalue weighted by molar-refractivity contribution is 5.83. The molecule has 0 radical (unpaired) electrons. The van der Waals surface area contributed by atoms with Crippen LogP contribution in [0.4, 0.5) is 4.39 Å². The maximum atomic E-state index is 13.1. The Bertz CT molecular complexity index is 512. The molecule has 1 aromatic carbocycles. The van der Waals surface area contributed by atoms with Crippen molar-refractivity contribution in [3.63, 3.8) is 0 Å². The summed E-state index contributed by atoms with van der Waals surface area (Å²) in [5.41, 5.74) is 2.24. The molecule has 0 spiro atoms. The molecule has 3 heteroatoms. The molecule has 1 fully saturated rings. The van der Waals surface area contributed by atoms with Gasteiger partial charge in [-0.2, -0.15) is 0 Å². The van der Waals surface area contributed by atoms with Crippen molar-refractivity contribution in [1.29, 1.82) is 0 Å². The van der Waals surface area contributed by atoms with Crippen molar-refractivity contribution in [3.8, 4) is 0 Å². The summed E-state index contributed by atoms with van der Waals surface area (Å²) < 4.78 is 13.1. The Hall–Kier alpha value is -1.35. The first-order valence-corrected chi connectivity index (χ1v) is 6.29. The van der Waals surface area contributed by atoms with Gasteiger partial charge in [0.15, 0.2) is 0 Å². The van der Waals surface area contributed by atoms with Gasteiger partial charge in [0.2, 0.25) is 0 Å². The van der Waals surface area contributed by atoms with E-state index in [9.17, 15) is 4.39 Å². The zero-order valence-electron chi connectivity index (χ0n) is 9.80. The molecule has 2 aromatic rings. The van der Waals surface area contributed by atoms with E-state index in [2.05, 4.69) is 10.3 Å². The minimum Gasteiger partial charge on any atom is -0.361 e. The van der Waals surface area contributed by atoms with Gasteiger partial charge in [-0.3, -0.25) is 0 Å². The highest BCUT2D eigenvalue weighted by atomic mass is 19.1. The highest BCUT2D eigenvalue weighted by Crippen LogP contribution is 2.24. The van der Waals surface area contributed by atoms with Crippen LogP contribution in [0.25, 0.3) is 10.9 Å². The van der Waals surface area contributed by atoms with Crippen LogP contribution >= 0.6 is 0 Å². The molecule has 0 atom stereocenters. The van der Waals surface area contributed by atoms with Gasteiger partial charge in [0, 0.05) is 17.1 Å². The van der Waals surface area contributed by atoms with E-state index in [0.29, 0.717) is 0 Å². The summed E-state index contributed by atoms with van der Waals surface area (Å²) in [6, 6.07) is 5.00. The Balaban J connectivity index is 1.84. The van der Waals surface area contributed by atoms with Gasteiger partial charge >= 0.3 is 0 Å². The molecule has 1 aliphatic heterocycles. The molecule has 17 heavy (non-hydrogen) atoms. The Morgan fingerprint density at radius 2 is 2.06 bits per heavy atom. The van der Waals surface area contributed by atoms with Crippen LogP contribution in [0.2, 0.25) is 0 Å². The van der Waals surface area contributed by atoms with E-state index in [1.54, 1.807) is 12.1 Å². The zero-order chi connectivity index (χ0) is 11.7. The minimum atomic E-state index is -0.173. The smallest absolute Gasteiger partial charge is 0.125 e. The van der Waals surface area contributed by atoms with Crippen molar-refractivity contribution < 1.29 is 4.39 Å². The number of H-pyrrole nitrogens is 1. The molecule has 0 unspecified atom stereocenters. The quantitative estimate of drug-likeness (QED) is 0.818. The van der Waals surface area contributed by atoms with Crippen LogP contribution in [-0.4, -0.2) is 18.1 Å². The number of fused-ring (bicyclic) bond motifs is 1. The summed E-state index contributed by atoms with van der Waals surface area (Å²) in [4.78, 5) is 3.16. The molecular weight excluding hydrogens is 215 g/mol. The van der Waals surface area contributed by atoms with E-state index in [1.165, 1.54) is 23.8 Å². The number of nitrogens with one attached hydrogen (secondary N) is 2. The van der Waals surface area contributed by atoms with E-state index in [1.807, 2.05) is 12.3 Å². The molecule has 2 heterocycles. The highest BCUT2D eigenvalue weighted by Gasteiger charge is 2.15. The minimum absolute atomic E-state index is 0.173. The van der Waals surface area contributed by atoms with Crippen LogP contribution in [0.1, 0.15) is 18.4 Å². The van der Waals surface area contributed by atoms with E-state index >= 15 is 0 Å². The van der Waals surface area contributed by atoms with Crippen molar-refractivity contribution in [2.45, 2.75) is 19.3 Å². The molecule has 0 amide bonds. The third-order valence-corrected chi connectivity index (χ3v) is 3.70. The van der Waals surface area contributed by atoms with E-state index < -0.39 is 0 Å². The summed E-state index contributed by atoms with van der Waals surface area (Å²) in [6.45, 7) is 2.25. The fourth-order valence-corrected chi connectivity index (χ4v) is 2.72. The lowest BCUT2D eigenvalue weighted by atomic mass is 9.91. The van der Waals surface area contributed by atoms with Crippen LogP contribution in [-0.2, 0) is 6.42 Å². The van der Waals surface area contributed by atoms with Crippen LogP contribution < -0.4 is 5.32 Å². The van der Waals surface area contributed by atoms with Gasteiger partial charge < -0.3 is 10.3 Å². The van der Waals surface area contributed by atoms with E-state index in [-0.39, 0.29) is 5.82 Å². The van der Waals surface area contributed by atoms with Gasteiger partial charge in [-0.25, -0.2) is 4.39 Å². The first-order chi connectivity index (χ1) is 8.33. The van der Waals surface area contributed by atoms with Gasteiger partial charge in [-0.15, -0.1) is 0 Å². The number of benzene rings is 1. The number of rotatable bonds is 2. The summed E-state index contributed by atoms with van der Waals surface area (Å²) in [5, 5.41) is 4.55. The van der Waals surface area contributed by atoms with Gasteiger partial charge in [-0.1, -0.05) is 0 Å². The average molecular weight is 232 g/mol. The summed E-state index contributed by atoms with van der Waals surface area (Å²) >= 11 is 0. The standard InChI is InChI=1S/C14H17FN2/c15-12-1-2-13-11(9-17-14(13)8-12)7-10-3-5-16-6-4-10/h1-2,8-10,16-17H,3-7H2. The van der Waals surface area contributed by atoms with Crippen LogP contribution in [0, 0.1) is 11.7 Å². The normalized spacial score (nSPS) is 17.7. The predicted octanol–water partition coefficient (Wildman–Crippen LogP) is 2.85. The molecule has 0 bridgehead atoms. The molecule has 1 aliphatic rings. The third-order valence-electron chi connectivity index (χ3n) is 3.70. The molecule has 3 rings (SSSR count). The zero-order valence-corrected chi connectivity index (χ0v) is 9.80. The first kappa shape index (κ1) is 10.8. The number of hydrogen-bond donors (Lipinski definition) is 2. The lowest BCUT2D eigenvalue weighted by Crippen LogP contribution is -2.28. The second-order valence-corrected chi connectivity index (χ2v) is 4.90. The Morgan fingerprint density at radius 1 is 1.24 bits per heavy atom.